The second kappa shape index (κ2) is 10.8. The van der Waals surface area contributed by atoms with Crippen molar-refractivity contribution in [3.05, 3.63) is 170 Å². The Balaban J connectivity index is 1.18. The highest BCUT2D eigenvalue weighted by molar-refractivity contribution is 7.26. The van der Waals surface area contributed by atoms with Gasteiger partial charge in [-0.15, -0.1) is 11.3 Å². The molecule has 0 aliphatic carbocycles. The van der Waals surface area contributed by atoms with E-state index in [9.17, 15) is 0 Å². The van der Waals surface area contributed by atoms with Crippen LogP contribution in [-0.2, 0) is 0 Å². The van der Waals surface area contributed by atoms with Gasteiger partial charge in [-0.3, -0.25) is 0 Å². The van der Waals surface area contributed by atoms with E-state index >= 15 is 0 Å². The van der Waals surface area contributed by atoms with Gasteiger partial charge in [-0.05, 0) is 76.3 Å². The van der Waals surface area contributed by atoms with Crippen LogP contribution in [0.15, 0.2) is 170 Å². The summed E-state index contributed by atoms with van der Waals surface area (Å²) in [5.74, 6) is 0. The summed E-state index contributed by atoms with van der Waals surface area (Å²) < 4.78 is 4.92. The third-order valence-corrected chi connectivity index (χ3v) is 10.8. The van der Waals surface area contributed by atoms with Crippen molar-refractivity contribution in [3.63, 3.8) is 0 Å². The predicted molar refractivity (Wildman–Crippen MR) is 205 cm³/mol. The van der Waals surface area contributed by atoms with E-state index < -0.39 is 0 Å². The monoisotopic (exact) mass is 628 g/mol. The molecule has 0 bridgehead atoms. The van der Waals surface area contributed by atoms with Crippen molar-refractivity contribution in [1.29, 1.82) is 0 Å². The Kier molecular flexibility index (Phi) is 6.08. The Hall–Kier alpha value is -6.03. The van der Waals surface area contributed by atoms with Crippen LogP contribution in [-0.4, -0.2) is 9.55 Å². The zero-order valence-electron chi connectivity index (χ0n) is 26.0. The van der Waals surface area contributed by atoms with Gasteiger partial charge < -0.3 is 4.57 Å². The Bertz CT molecular complexity index is 2710. The van der Waals surface area contributed by atoms with E-state index in [0.717, 1.165) is 16.7 Å². The molecule has 3 aromatic heterocycles. The summed E-state index contributed by atoms with van der Waals surface area (Å²) in [5, 5.41) is 4.90. The summed E-state index contributed by atoms with van der Waals surface area (Å²) >= 11 is 1.83. The number of para-hydroxylation sites is 1. The lowest BCUT2D eigenvalue weighted by atomic mass is 9.99. The van der Waals surface area contributed by atoms with Crippen molar-refractivity contribution in [1.82, 2.24) is 9.55 Å². The molecule has 48 heavy (non-hydrogen) atoms. The smallest absolute Gasteiger partial charge is 0.0902 e. The third-order valence-electron chi connectivity index (χ3n) is 9.60. The van der Waals surface area contributed by atoms with Crippen LogP contribution in [0.2, 0.25) is 0 Å². The Morgan fingerprint density at radius 1 is 0.417 bits per heavy atom. The van der Waals surface area contributed by atoms with Gasteiger partial charge in [0.25, 0.3) is 0 Å². The van der Waals surface area contributed by atoms with Gasteiger partial charge in [0.1, 0.15) is 0 Å². The molecule has 0 N–H and O–H groups in total. The first-order chi connectivity index (χ1) is 23.8. The molecule has 0 aliphatic heterocycles. The molecule has 0 radical (unpaired) electrons. The van der Waals surface area contributed by atoms with Gasteiger partial charge in [-0.2, -0.15) is 0 Å². The lowest BCUT2D eigenvalue weighted by Crippen LogP contribution is -1.94. The van der Waals surface area contributed by atoms with Crippen LogP contribution in [0.4, 0.5) is 0 Å². The van der Waals surface area contributed by atoms with E-state index in [1.54, 1.807) is 0 Å². The lowest BCUT2D eigenvalue weighted by Gasteiger charge is -2.12. The normalized spacial score (nSPS) is 11.8. The summed E-state index contributed by atoms with van der Waals surface area (Å²) in [4.78, 5) is 5.14. The maximum absolute atomic E-state index is 5.14. The molecule has 3 heterocycles. The molecule has 0 atom stereocenters. The maximum atomic E-state index is 5.14. The topological polar surface area (TPSA) is 17.8 Å². The molecule has 0 aliphatic rings. The zero-order valence-corrected chi connectivity index (χ0v) is 26.8. The fraction of sp³-hybridized carbons (Fsp3) is 0. The highest BCUT2D eigenvalue weighted by Crippen LogP contribution is 2.43. The molecule has 10 rings (SSSR count). The first-order valence-electron chi connectivity index (χ1n) is 16.3. The molecular formula is C45H28N2S. The zero-order chi connectivity index (χ0) is 31.6. The molecule has 0 saturated heterocycles. The van der Waals surface area contributed by atoms with Gasteiger partial charge in [-0.25, -0.2) is 4.98 Å². The first kappa shape index (κ1) is 27.1. The maximum Gasteiger partial charge on any atom is 0.0902 e. The van der Waals surface area contributed by atoms with Crippen LogP contribution < -0.4 is 0 Å². The molecule has 224 valence electrons. The second-order valence-corrected chi connectivity index (χ2v) is 13.4. The van der Waals surface area contributed by atoms with Gasteiger partial charge in [0.2, 0.25) is 0 Å². The quantitative estimate of drug-likeness (QED) is 0.190. The van der Waals surface area contributed by atoms with Crippen LogP contribution in [0.1, 0.15) is 0 Å². The number of hydrogen-bond acceptors (Lipinski definition) is 2. The summed E-state index contributed by atoms with van der Waals surface area (Å²) in [7, 11) is 0. The predicted octanol–water partition coefficient (Wildman–Crippen LogP) is 12.7. The molecule has 0 unspecified atom stereocenters. The lowest BCUT2D eigenvalue weighted by molar-refractivity contribution is 1.18. The van der Waals surface area contributed by atoms with E-state index in [1.165, 1.54) is 75.4 Å². The van der Waals surface area contributed by atoms with Crippen molar-refractivity contribution in [3.8, 4) is 39.1 Å². The van der Waals surface area contributed by atoms with Crippen LogP contribution in [0.25, 0.3) is 92.1 Å². The van der Waals surface area contributed by atoms with E-state index in [4.69, 9.17) is 4.98 Å². The van der Waals surface area contributed by atoms with Crippen LogP contribution in [0, 0.1) is 0 Å². The van der Waals surface area contributed by atoms with Gasteiger partial charge in [-0.1, -0.05) is 121 Å². The van der Waals surface area contributed by atoms with Crippen molar-refractivity contribution in [2.24, 2.45) is 0 Å². The van der Waals surface area contributed by atoms with Gasteiger partial charge in [0.15, 0.2) is 0 Å². The number of nitrogens with zero attached hydrogens (tertiary/aromatic N) is 2. The minimum absolute atomic E-state index is 1.03. The van der Waals surface area contributed by atoms with E-state index in [2.05, 4.69) is 174 Å². The molecule has 0 spiro atoms. The van der Waals surface area contributed by atoms with Crippen LogP contribution in [0.5, 0.6) is 0 Å². The molecule has 7 aromatic carbocycles. The molecule has 10 aromatic rings. The standard InChI is InChI=1S/C45H28N2S/c1-3-11-29(12-4-1)32-21-25-40-37(27-32)38-28-33(30-13-5-2-6-14-30)22-26-41(38)47(40)34-23-19-31(20-24-34)43-35-15-7-9-17-39(35)46-44-36-16-8-10-18-42(36)48-45(43)44/h1-28H. The fourth-order valence-corrected chi connectivity index (χ4v) is 8.55. The first-order valence-corrected chi connectivity index (χ1v) is 17.1. The van der Waals surface area contributed by atoms with E-state index in [0.29, 0.717) is 0 Å². The molecule has 0 fully saturated rings. The number of aromatic nitrogens is 2. The van der Waals surface area contributed by atoms with Crippen molar-refractivity contribution < 1.29 is 0 Å². The summed E-state index contributed by atoms with van der Waals surface area (Å²) in [6.45, 7) is 0. The highest BCUT2D eigenvalue weighted by atomic mass is 32.1. The van der Waals surface area contributed by atoms with Crippen molar-refractivity contribution >= 4 is 64.3 Å². The van der Waals surface area contributed by atoms with Crippen molar-refractivity contribution in [2.45, 2.75) is 0 Å². The fourth-order valence-electron chi connectivity index (χ4n) is 7.32. The van der Waals surface area contributed by atoms with Crippen LogP contribution in [0.3, 0.4) is 0 Å². The number of benzene rings is 7. The van der Waals surface area contributed by atoms with Crippen LogP contribution >= 0.6 is 11.3 Å². The molecule has 3 heteroatoms. The molecule has 2 nitrogen and oxygen atoms in total. The number of fused-ring (bicyclic) bond motifs is 7. The Morgan fingerprint density at radius 3 is 1.60 bits per heavy atom. The van der Waals surface area contributed by atoms with E-state index in [1.807, 2.05) is 11.3 Å². The average Bonchev–Trinajstić information content (AvgIpc) is 3.69. The number of rotatable bonds is 4. The summed E-state index contributed by atoms with van der Waals surface area (Å²) in [6.07, 6.45) is 0. The molecule has 0 amide bonds. The SMILES string of the molecule is c1ccc(-c2ccc3c(c2)c2cc(-c4ccccc4)ccc2n3-c2ccc(-c3c4ccccc4nc4c3sc3ccccc34)cc2)cc1. The second-order valence-electron chi connectivity index (χ2n) is 12.4. The van der Waals surface area contributed by atoms with Gasteiger partial charge in [0, 0.05) is 37.5 Å². The Morgan fingerprint density at radius 2 is 0.958 bits per heavy atom. The largest absolute Gasteiger partial charge is 0.309 e. The highest BCUT2D eigenvalue weighted by Gasteiger charge is 2.18. The third kappa shape index (κ3) is 4.22. The minimum Gasteiger partial charge on any atom is -0.309 e. The average molecular weight is 629 g/mol. The number of hydrogen-bond donors (Lipinski definition) is 0. The van der Waals surface area contributed by atoms with Crippen molar-refractivity contribution in [2.75, 3.05) is 0 Å². The molecule has 0 saturated carbocycles. The summed E-state index contributed by atoms with van der Waals surface area (Å²) in [5.41, 5.74) is 13.0. The van der Waals surface area contributed by atoms with Gasteiger partial charge >= 0.3 is 0 Å². The minimum atomic E-state index is 1.03. The van der Waals surface area contributed by atoms with E-state index in [-0.39, 0.29) is 0 Å². The Labute approximate surface area is 281 Å². The molecular weight excluding hydrogens is 601 g/mol. The number of pyridine rings is 1. The van der Waals surface area contributed by atoms with Gasteiger partial charge in [0.05, 0.1) is 26.8 Å². The number of thiophene rings is 1. The summed E-state index contributed by atoms with van der Waals surface area (Å²) in [6, 6.07) is 61.4.